The molecule has 0 spiro atoms. The molecule has 0 fully saturated rings. The largest absolute Gasteiger partial charge is 0.493 e. The van der Waals surface area contributed by atoms with E-state index in [0.29, 0.717) is 0 Å². The van der Waals surface area contributed by atoms with Gasteiger partial charge in [0.05, 0.1) is 14.2 Å². The number of rotatable bonds is 6. The molecule has 1 aliphatic heterocycles. The first-order chi connectivity index (χ1) is 13.8. The van der Waals surface area contributed by atoms with E-state index in [-0.39, 0.29) is 12.4 Å². The third kappa shape index (κ3) is 4.92. The molecule has 29 heavy (non-hydrogen) atoms. The van der Waals surface area contributed by atoms with Crippen molar-refractivity contribution in [1.82, 2.24) is 4.90 Å². The Kier molecular flexibility index (Phi) is 7.18. The van der Waals surface area contributed by atoms with Crippen LogP contribution in [0, 0.1) is 0 Å². The van der Waals surface area contributed by atoms with Gasteiger partial charge in [0.25, 0.3) is 0 Å². The fourth-order valence-corrected chi connectivity index (χ4v) is 3.91. The number of hydrogen-bond donors (Lipinski definition) is 0. The van der Waals surface area contributed by atoms with Gasteiger partial charge in [-0.15, -0.1) is 12.4 Å². The van der Waals surface area contributed by atoms with Crippen LogP contribution in [0.25, 0.3) is 11.1 Å². The molecule has 0 saturated carbocycles. The summed E-state index contributed by atoms with van der Waals surface area (Å²) < 4.78 is 10.9. The molecule has 3 aromatic carbocycles. The molecule has 0 bridgehead atoms. The number of benzene rings is 3. The smallest absolute Gasteiger partial charge is 0.161 e. The van der Waals surface area contributed by atoms with Crippen molar-refractivity contribution in [2.45, 2.75) is 19.4 Å². The van der Waals surface area contributed by atoms with Crippen LogP contribution in [0.3, 0.4) is 0 Å². The van der Waals surface area contributed by atoms with Crippen LogP contribution in [0.15, 0.2) is 66.7 Å². The molecular weight excluding hydrogens is 382 g/mol. The number of ether oxygens (including phenoxy) is 2. The Labute approximate surface area is 179 Å². The van der Waals surface area contributed by atoms with Gasteiger partial charge in [-0.3, -0.25) is 4.90 Å². The van der Waals surface area contributed by atoms with Gasteiger partial charge >= 0.3 is 0 Å². The van der Waals surface area contributed by atoms with Crippen LogP contribution in [0.2, 0.25) is 0 Å². The van der Waals surface area contributed by atoms with Crippen molar-refractivity contribution >= 4 is 12.4 Å². The Morgan fingerprint density at radius 1 is 0.793 bits per heavy atom. The Balaban J connectivity index is 0.00000240. The second-order valence-corrected chi connectivity index (χ2v) is 7.31. The van der Waals surface area contributed by atoms with E-state index in [1.165, 1.54) is 27.8 Å². The van der Waals surface area contributed by atoms with Crippen molar-refractivity contribution in [3.05, 3.63) is 83.4 Å². The third-order valence-electron chi connectivity index (χ3n) is 5.57. The molecule has 0 atom stereocenters. The van der Waals surface area contributed by atoms with Crippen LogP contribution in [-0.2, 0) is 19.4 Å². The molecule has 0 aromatic heterocycles. The molecule has 0 N–H and O–H groups in total. The van der Waals surface area contributed by atoms with Gasteiger partial charge in [-0.25, -0.2) is 0 Å². The normalized spacial score (nSPS) is 13.3. The fourth-order valence-electron chi connectivity index (χ4n) is 3.91. The zero-order valence-corrected chi connectivity index (χ0v) is 17.9. The zero-order valence-electron chi connectivity index (χ0n) is 17.1. The maximum absolute atomic E-state index is 5.47. The molecule has 152 valence electrons. The van der Waals surface area contributed by atoms with Gasteiger partial charge in [0.1, 0.15) is 0 Å². The molecule has 0 radical (unpaired) electrons. The quantitative estimate of drug-likeness (QED) is 0.544. The van der Waals surface area contributed by atoms with Crippen molar-refractivity contribution in [3.8, 4) is 22.6 Å². The topological polar surface area (TPSA) is 21.7 Å². The highest BCUT2D eigenvalue weighted by Gasteiger charge is 2.19. The minimum atomic E-state index is 0. The highest BCUT2D eigenvalue weighted by atomic mass is 35.5. The highest BCUT2D eigenvalue weighted by Crippen LogP contribution is 2.33. The molecule has 0 amide bonds. The van der Waals surface area contributed by atoms with E-state index in [9.17, 15) is 0 Å². The van der Waals surface area contributed by atoms with E-state index in [4.69, 9.17) is 9.47 Å². The molecule has 0 unspecified atom stereocenters. The average Bonchev–Trinajstić information content (AvgIpc) is 2.77. The number of methoxy groups -OCH3 is 2. The summed E-state index contributed by atoms with van der Waals surface area (Å²) in [6.07, 6.45) is 2.13. The van der Waals surface area contributed by atoms with Gasteiger partial charge in [-0.05, 0) is 52.8 Å². The van der Waals surface area contributed by atoms with E-state index < -0.39 is 0 Å². The van der Waals surface area contributed by atoms with Crippen molar-refractivity contribution in [3.63, 3.8) is 0 Å². The minimum absolute atomic E-state index is 0. The summed E-state index contributed by atoms with van der Waals surface area (Å²) in [5.41, 5.74) is 6.66. The molecule has 1 heterocycles. The monoisotopic (exact) mass is 409 g/mol. The summed E-state index contributed by atoms with van der Waals surface area (Å²) in [4.78, 5) is 2.53. The van der Waals surface area contributed by atoms with Crippen LogP contribution in [0.4, 0.5) is 0 Å². The lowest BCUT2D eigenvalue weighted by atomic mass is 9.98. The van der Waals surface area contributed by atoms with Crippen LogP contribution in [-0.4, -0.2) is 32.2 Å². The van der Waals surface area contributed by atoms with E-state index in [1.54, 1.807) is 14.2 Å². The number of hydrogen-bond acceptors (Lipinski definition) is 3. The van der Waals surface area contributed by atoms with Gasteiger partial charge < -0.3 is 9.47 Å². The number of halogens is 1. The molecule has 4 heteroatoms. The van der Waals surface area contributed by atoms with Gasteiger partial charge in [-0.1, -0.05) is 54.6 Å². The van der Waals surface area contributed by atoms with E-state index in [0.717, 1.165) is 44.0 Å². The molecule has 1 aliphatic rings. The standard InChI is InChI=1S/C25H27NO2.ClH/c1-27-24-16-22-13-15-26(18-23(22)17-25(24)28-2)14-12-19-8-10-21(11-9-19)20-6-4-3-5-7-20;/h3-11,16-17H,12-15,18H2,1-2H3;1H. The predicted octanol–water partition coefficient (Wildman–Crippen LogP) is 5.39. The van der Waals surface area contributed by atoms with Crippen molar-refractivity contribution < 1.29 is 9.47 Å². The van der Waals surface area contributed by atoms with E-state index in [1.807, 2.05) is 0 Å². The maximum atomic E-state index is 5.47. The van der Waals surface area contributed by atoms with Crippen LogP contribution >= 0.6 is 12.4 Å². The predicted molar refractivity (Wildman–Crippen MR) is 121 cm³/mol. The van der Waals surface area contributed by atoms with E-state index >= 15 is 0 Å². The third-order valence-corrected chi connectivity index (χ3v) is 5.57. The second kappa shape index (κ2) is 9.82. The summed E-state index contributed by atoms with van der Waals surface area (Å²) in [7, 11) is 3.40. The van der Waals surface area contributed by atoms with Gasteiger partial charge in [-0.2, -0.15) is 0 Å². The van der Waals surface area contributed by atoms with Crippen LogP contribution in [0.1, 0.15) is 16.7 Å². The SMILES string of the molecule is COc1cc2c(cc1OC)CN(CCc1ccc(-c3ccccc3)cc1)CC2.Cl. The maximum Gasteiger partial charge on any atom is 0.161 e. The molecule has 3 aromatic rings. The Bertz CT molecular complexity index is 926. The van der Waals surface area contributed by atoms with Crippen molar-refractivity contribution in [2.75, 3.05) is 27.3 Å². The lowest BCUT2D eigenvalue weighted by molar-refractivity contribution is 0.255. The van der Waals surface area contributed by atoms with Crippen LogP contribution in [0.5, 0.6) is 11.5 Å². The number of fused-ring (bicyclic) bond motifs is 1. The Morgan fingerprint density at radius 3 is 2.07 bits per heavy atom. The fraction of sp³-hybridized carbons (Fsp3) is 0.280. The van der Waals surface area contributed by atoms with Gasteiger partial charge in [0.2, 0.25) is 0 Å². The summed E-state index contributed by atoms with van der Waals surface area (Å²) >= 11 is 0. The minimum Gasteiger partial charge on any atom is -0.493 e. The molecule has 4 rings (SSSR count). The Morgan fingerprint density at radius 2 is 1.41 bits per heavy atom. The van der Waals surface area contributed by atoms with E-state index in [2.05, 4.69) is 71.6 Å². The molecule has 0 aliphatic carbocycles. The summed E-state index contributed by atoms with van der Waals surface area (Å²) in [5, 5.41) is 0. The zero-order chi connectivity index (χ0) is 19.3. The van der Waals surface area contributed by atoms with Gasteiger partial charge in [0, 0.05) is 19.6 Å². The Hall–Kier alpha value is -2.49. The lowest BCUT2D eigenvalue weighted by Gasteiger charge is -2.29. The van der Waals surface area contributed by atoms with Crippen molar-refractivity contribution in [2.24, 2.45) is 0 Å². The first-order valence-electron chi connectivity index (χ1n) is 9.87. The molecule has 3 nitrogen and oxygen atoms in total. The second-order valence-electron chi connectivity index (χ2n) is 7.31. The van der Waals surface area contributed by atoms with Crippen molar-refractivity contribution in [1.29, 1.82) is 0 Å². The summed E-state index contributed by atoms with van der Waals surface area (Å²) in [5.74, 6) is 1.65. The highest BCUT2D eigenvalue weighted by molar-refractivity contribution is 5.85. The first kappa shape index (κ1) is 21.2. The van der Waals surface area contributed by atoms with Gasteiger partial charge in [0.15, 0.2) is 11.5 Å². The lowest BCUT2D eigenvalue weighted by Crippen LogP contribution is -2.32. The molecular formula is C25H28ClNO2. The summed E-state index contributed by atoms with van der Waals surface area (Å²) in [6, 6.07) is 23.8. The summed E-state index contributed by atoms with van der Waals surface area (Å²) in [6.45, 7) is 3.13. The van der Waals surface area contributed by atoms with Crippen LogP contribution < -0.4 is 9.47 Å². The number of nitrogens with zero attached hydrogens (tertiary/aromatic N) is 1. The average molecular weight is 410 g/mol. The molecule has 0 saturated heterocycles. The first-order valence-corrected chi connectivity index (χ1v) is 9.87.